The highest BCUT2D eigenvalue weighted by Crippen LogP contribution is 2.35. The zero-order valence-electron chi connectivity index (χ0n) is 16.6. The fourth-order valence-electron chi connectivity index (χ4n) is 3.85. The molecule has 0 atom stereocenters. The Morgan fingerprint density at radius 3 is 2.26 bits per heavy atom. The van der Waals surface area contributed by atoms with Crippen molar-refractivity contribution in [3.8, 4) is 0 Å². The number of hydrogen-bond acceptors (Lipinski definition) is 3. The van der Waals surface area contributed by atoms with Crippen LogP contribution in [0.3, 0.4) is 0 Å². The van der Waals surface area contributed by atoms with Gasteiger partial charge in [0.05, 0.1) is 11.4 Å². The summed E-state index contributed by atoms with van der Waals surface area (Å²) in [6.45, 7) is 2.63. The number of rotatable bonds is 5. The molecule has 0 fully saturated rings. The zero-order chi connectivity index (χ0) is 22.3. The van der Waals surface area contributed by atoms with Crippen molar-refractivity contribution in [1.82, 2.24) is 4.57 Å². The maximum atomic E-state index is 13.7. The van der Waals surface area contributed by atoms with Gasteiger partial charge in [0.15, 0.2) is 11.6 Å². The minimum Gasteiger partial charge on any atom is -0.403 e. The van der Waals surface area contributed by atoms with E-state index < -0.39 is 18.1 Å². The Morgan fingerprint density at radius 1 is 0.968 bits per heavy atom. The van der Waals surface area contributed by atoms with Crippen molar-refractivity contribution >= 4 is 33.2 Å². The Kier molecular flexibility index (Phi) is 5.32. The van der Waals surface area contributed by atoms with Crippen LogP contribution in [0.15, 0.2) is 60.8 Å². The molecule has 1 aromatic heterocycles. The highest BCUT2D eigenvalue weighted by Gasteiger charge is 2.17. The second kappa shape index (κ2) is 7.96. The van der Waals surface area contributed by atoms with E-state index in [0.717, 1.165) is 28.6 Å². The van der Waals surface area contributed by atoms with Crippen LogP contribution in [0.2, 0.25) is 0 Å². The van der Waals surface area contributed by atoms with Gasteiger partial charge in [0.1, 0.15) is 0 Å². The Hall–Kier alpha value is -3.52. The van der Waals surface area contributed by atoms with Crippen molar-refractivity contribution in [1.29, 1.82) is 0 Å². The smallest absolute Gasteiger partial charge is 0.263 e. The quantitative estimate of drug-likeness (QED) is 0.245. The number of nitrogens with zero attached hydrogens (tertiary/aromatic N) is 2. The van der Waals surface area contributed by atoms with Crippen molar-refractivity contribution in [2.75, 3.05) is 5.01 Å². The molecule has 0 saturated heterocycles. The maximum Gasteiger partial charge on any atom is 0.263 e. The predicted molar refractivity (Wildman–Crippen MR) is 115 cm³/mol. The molecule has 0 spiro atoms. The summed E-state index contributed by atoms with van der Waals surface area (Å²) in [7, 11) is 0. The molecule has 0 bridgehead atoms. The molecule has 4 N–H and O–H groups in total. The van der Waals surface area contributed by atoms with Gasteiger partial charge < -0.3 is 10.3 Å². The second-order valence-electron chi connectivity index (χ2n) is 7.07. The van der Waals surface area contributed by atoms with E-state index >= 15 is 0 Å². The lowest BCUT2D eigenvalue weighted by atomic mass is 10.1. The van der Waals surface area contributed by atoms with E-state index in [1.165, 1.54) is 29.4 Å². The Morgan fingerprint density at radius 2 is 1.65 bits per heavy atom. The maximum absolute atomic E-state index is 13.7. The summed E-state index contributed by atoms with van der Waals surface area (Å²) in [6, 6.07) is 13.3. The summed E-state index contributed by atoms with van der Waals surface area (Å²) in [5, 5.41) is 2.67. The van der Waals surface area contributed by atoms with E-state index in [0.29, 0.717) is 23.2 Å². The van der Waals surface area contributed by atoms with Crippen LogP contribution >= 0.6 is 0 Å². The van der Waals surface area contributed by atoms with Crippen molar-refractivity contribution in [3.63, 3.8) is 0 Å². The molecular weight excluding hydrogens is 408 g/mol. The van der Waals surface area contributed by atoms with Gasteiger partial charge in [0, 0.05) is 45.7 Å². The van der Waals surface area contributed by atoms with Crippen molar-refractivity contribution in [3.05, 3.63) is 83.6 Å². The highest BCUT2D eigenvalue weighted by atomic mass is 19.3. The molecule has 0 unspecified atom stereocenters. The van der Waals surface area contributed by atoms with Gasteiger partial charge in [-0.2, -0.15) is 0 Å². The third kappa shape index (κ3) is 3.48. The largest absolute Gasteiger partial charge is 0.403 e. The third-order valence-corrected chi connectivity index (χ3v) is 5.35. The number of alkyl halides is 2. The number of benzene rings is 3. The number of hydrogen-bond donors (Lipinski definition) is 2. The average Bonchev–Trinajstić information content (AvgIpc) is 3.08. The molecule has 4 rings (SSSR count). The first-order chi connectivity index (χ1) is 14.8. The summed E-state index contributed by atoms with van der Waals surface area (Å²) in [6.07, 6.45) is -1.39. The average molecular weight is 428 g/mol. The predicted octanol–water partition coefficient (Wildman–Crippen LogP) is 5.67. The number of fused-ring (bicyclic) bond motifs is 3. The van der Waals surface area contributed by atoms with Crippen molar-refractivity contribution < 1.29 is 17.6 Å². The molecule has 0 amide bonds. The minimum absolute atomic E-state index is 0.0676. The number of nitrogens with two attached hydrogens (primary N) is 2. The second-order valence-corrected chi connectivity index (χ2v) is 7.07. The Balaban J connectivity index is 1.86. The molecular formula is C23H20F4N4. The van der Waals surface area contributed by atoms with Crippen LogP contribution in [-0.2, 0) is 6.54 Å². The first-order valence-electron chi connectivity index (χ1n) is 9.62. The van der Waals surface area contributed by atoms with Crippen LogP contribution in [0.25, 0.3) is 27.5 Å². The van der Waals surface area contributed by atoms with Gasteiger partial charge in [-0.1, -0.05) is 6.07 Å². The number of halogens is 4. The van der Waals surface area contributed by atoms with Gasteiger partial charge in [-0.25, -0.2) is 23.4 Å². The van der Waals surface area contributed by atoms with E-state index in [9.17, 15) is 17.6 Å². The first-order valence-corrected chi connectivity index (χ1v) is 9.62. The fraction of sp³-hybridized carbons (Fsp3) is 0.130. The molecule has 160 valence electrons. The van der Waals surface area contributed by atoms with Gasteiger partial charge in [-0.3, -0.25) is 5.01 Å². The minimum atomic E-state index is -2.58. The van der Waals surface area contributed by atoms with Gasteiger partial charge in [-0.15, -0.1) is 0 Å². The molecule has 4 nitrogen and oxygen atoms in total. The standard InChI is InChI=1S/C23H20F4N4/c1-2-30-20-7-4-14(23(26)27)9-16(20)17-11-15(5-8-21(17)30)31(29)22(12-28)13-3-6-18(24)19(25)10-13/h3-12,23H,2,28-29H2,1H3/b22-12-. The van der Waals surface area contributed by atoms with E-state index in [4.69, 9.17) is 11.6 Å². The van der Waals surface area contributed by atoms with Gasteiger partial charge >= 0.3 is 0 Å². The van der Waals surface area contributed by atoms with Crippen LogP contribution in [0.5, 0.6) is 0 Å². The molecule has 4 aromatic rings. The van der Waals surface area contributed by atoms with Crippen LogP contribution in [0.1, 0.15) is 24.5 Å². The topological polar surface area (TPSA) is 60.2 Å². The Labute approximate surface area is 175 Å². The monoisotopic (exact) mass is 428 g/mol. The summed E-state index contributed by atoms with van der Waals surface area (Å²) in [4.78, 5) is 0. The van der Waals surface area contributed by atoms with Gasteiger partial charge in [0.2, 0.25) is 0 Å². The lowest BCUT2D eigenvalue weighted by molar-refractivity contribution is 0.151. The molecule has 1 heterocycles. The van der Waals surface area contributed by atoms with Crippen molar-refractivity contribution in [2.24, 2.45) is 11.6 Å². The molecule has 31 heavy (non-hydrogen) atoms. The van der Waals surface area contributed by atoms with Crippen LogP contribution < -0.4 is 16.6 Å². The third-order valence-electron chi connectivity index (χ3n) is 5.35. The van der Waals surface area contributed by atoms with E-state index in [1.54, 1.807) is 18.2 Å². The molecule has 8 heteroatoms. The zero-order valence-corrected chi connectivity index (χ0v) is 16.6. The van der Waals surface area contributed by atoms with E-state index in [-0.39, 0.29) is 11.3 Å². The van der Waals surface area contributed by atoms with E-state index in [1.807, 2.05) is 17.6 Å². The van der Waals surface area contributed by atoms with Crippen LogP contribution in [-0.4, -0.2) is 4.57 Å². The fourth-order valence-corrected chi connectivity index (χ4v) is 3.85. The lowest BCUT2D eigenvalue weighted by Gasteiger charge is -2.22. The molecule has 0 aliphatic heterocycles. The van der Waals surface area contributed by atoms with Crippen molar-refractivity contribution in [2.45, 2.75) is 19.9 Å². The molecule has 0 saturated carbocycles. The number of anilines is 1. The Bertz CT molecular complexity index is 1310. The summed E-state index contributed by atoms with van der Waals surface area (Å²) >= 11 is 0. The summed E-state index contributed by atoms with van der Waals surface area (Å²) in [5.74, 6) is 4.26. The SMILES string of the molecule is CCn1c2ccc(C(F)F)cc2c2cc(N(N)/C(=C\N)c3ccc(F)c(F)c3)ccc21. The van der Waals surface area contributed by atoms with Crippen LogP contribution in [0.4, 0.5) is 23.2 Å². The van der Waals surface area contributed by atoms with Gasteiger partial charge in [-0.05, 0) is 55.5 Å². The normalized spacial score (nSPS) is 12.3. The molecule has 3 aromatic carbocycles. The summed E-state index contributed by atoms with van der Waals surface area (Å²) < 4.78 is 55.6. The lowest BCUT2D eigenvalue weighted by Crippen LogP contribution is -2.29. The highest BCUT2D eigenvalue weighted by molar-refractivity contribution is 6.09. The first kappa shape index (κ1) is 20.7. The molecule has 0 radical (unpaired) electrons. The summed E-state index contributed by atoms with van der Waals surface area (Å²) in [5.41, 5.74) is 8.41. The van der Waals surface area contributed by atoms with Gasteiger partial charge in [0.25, 0.3) is 6.43 Å². The number of aryl methyl sites for hydroxylation is 1. The van der Waals surface area contributed by atoms with Crippen LogP contribution in [0, 0.1) is 11.6 Å². The molecule has 0 aliphatic carbocycles. The number of hydrazine groups is 1. The molecule has 0 aliphatic rings. The number of aromatic nitrogens is 1. The van der Waals surface area contributed by atoms with E-state index in [2.05, 4.69) is 0 Å².